The van der Waals surface area contributed by atoms with E-state index in [1.165, 1.54) is 0 Å². The van der Waals surface area contributed by atoms with Crippen molar-refractivity contribution in [3.63, 3.8) is 0 Å². The maximum absolute atomic E-state index is 12.3. The van der Waals surface area contributed by atoms with Crippen LogP contribution in [-0.4, -0.2) is 47.6 Å². The third kappa shape index (κ3) is 3.22. The summed E-state index contributed by atoms with van der Waals surface area (Å²) in [5.41, 5.74) is -0.336. The van der Waals surface area contributed by atoms with Crippen molar-refractivity contribution in [3.8, 4) is 0 Å². The van der Waals surface area contributed by atoms with Gasteiger partial charge in [0.15, 0.2) is 5.69 Å². The molecule has 0 amide bonds. The highest BCUT2D eigenvalue weighted by Crippen LogP contribution is 2.11. The molecule has 0 aliphatic carbocycles. The second-order valence-electron chi connectivity index (χ2n) is 3.20. The van der Waals surface area contributed by atoms with Crippen LogP contribution < -0.4 is 0 Å². The molecule has 1 aromatic rings. The molecule has 9 heteroatoms. The average molecular weight is 263 g/mol. The first-order valence-corrected chi connectivity index (χ1v) is 4.85. The van der Waals surface area contributed by atoms with Crippen LogP contribution in [-0.2, 0) is 27.2 Å². The summed E-state index contributed by atoms with van der Waals surface area (Å²) in [5.74, 6) is -1.55. The minimum Gasteiger partial charge on any atom is -0.469 e. The number of alkyl halides is 2. The number of ether oxygens (including phenoxy) is 2. The lowest BCUT2D eigenvalue weighted by Gasteiger charge is -2.05. The van der Waals surface area contributed by atoms with Gasteiger partial charge in [-0.25, -0.2) is 18.3 Å². The summed E-state index contributed by atoms with van der Waals surface area (Å²) in [7, 11) is 2.25. The van der Waals surface area contributed by atoms with Gasteiger partial charge in [-0.1, -0.05) is 5.21 Å². The van der Waals surface area contributed by atoms with Gasteiger partial charge in [-0.05, 0) is 0 Å². The first kappa shape index (κ1) is 14.0. The van der Waals surface area contributed by atoms with E-state index in [0.717, 1.165) is 18.9 Å². The predicted octanol–water partition coefficient (Wildman–Crippen LogP) is 0.0453. The summed E-state index contributed by atoms with van der Waals surface area (Å²) in [6.07, 6.45) is -3.07. The maximum Gasteiger partial charge on any atom is 0.360 e. The van der Waals surface area contributed by atoms with E-state index in [1.807, 2.05) is 0 Å². The van der Waals surface area contributed by atoms with E-state index in [9.17, 15) is 18.4 Å². The Morgan fingerprint density at radius 1 is 1.33 bits per heavy atom. The number of rotatable bonds is 5. The first-order valence-electron chi connectivity index (χ1n) is 4.85. The number of hydrogen-bond donors (Lipinski definition) is 0. The molecule has 0 spiro atoms. The van der Waals surface area contributed by atoms with Gasteiger partial charge < -0.3 is 9.47 Å². The Balaban J connectivity index is 3.08. The Bertz CT molecular complexity index is 447. The molecule has 1 rings (SSSR count). The van der Waals surface area contributed by atoms with E-state index in [1.54, 1.807) is 0 Å². The van der Waals surface area contributed by atoms with Gasteiger partial charge in [0.25, 0.3) is 6.43 Å². The number of carbonyl (C=O) groups is 2. The van der Waals surface area contributed by atoms with Crippen molar-refractivity contribution in [2.75, 3.05) is 14.2 Å². The molecule has 0 unspecified atom stereocenters. The minimum atomic E-state index is -2.69. The van der Waals surface area contributed by atoms with Crippen molar-refractivity contribution in [1.82, 2.24) is 15.0 Å². The zero-order valence-electron chi connectivity index (χ0n) is 9.72. The highest BCUT2D eigenvalue weighted by atomic mass is 19.3. The van der Waals surface area contributed by atoms with E-state index in [-0.39, 0.29) is 17.8 Å². The molecule has 0 aliphatic heterocycles. The van der Waals surface area contributed by atoms with Gasteiger partial charge in [0.05, 0.1) is 26.3 Å². The number of nitrogens with zero attached hydrogens (tertiary/aromatic N) is 3. The SMILES string of the molecule is COC(=O)Cc1c(C(=O)OC)nnn1CC(F)F. The lowest BCUT2D eigenvalue weighted by atomic mass is 10.2. The van der Waals surface area contributed by atoms with Crippen LogP contribution in [0.1, 0.15) is 16.2 Å². The molecule has 18 heavy (non-hydrogen) atoms. The third-order valence-corrected chi connectivity index (χ3v) is 2.07. The summed E-state index contributed by atoms with van der Waals surface area (Å²) in [4.78, 5) is 22.5. The van der Waals surface area contributed by atoms with Crippen LogP contribution in [0, 0.1) is 0 Å². The average Bonchev–Trinajstić information content (AvgIpc) is 2.70. The quantitative estimate of drug-likeness (QED) is 0.698. The number of halogens is 2. The van der Waals surface area contributed by atoms with Gasteiger partial charge in [-0.3, -0.25) is 4.79 Å². The fraction of sp³-hybridized carbons (Fsp3) is 0.556. The molecule has 0 saturated carbocycles. The summed E-state index contributed by atoms with van der Waals surface area (Å²) in [6, 6.07) is 0. The van der Waals surface area contributed by atoms with Crippen LogP contribution in [0.2, 0.25) is 0 Å². The first-order chi connectivity index (χ1) is 8.49. The van der Waals surface area contributed by atoms with Crippen LogP contribution in [0.15, 0.2) is 0 Å². The standard InChI is InChI=1S/C9H11F2N3O4/c1-17-7(15)3-5-8(9(16)18-2)12-13-14(5)4-6(10)11/h6H,3-4H2,1-2H3. The fourth-order valence-electron chi connectivity index (χ4n) is 1.25. The van der Waals surface area contributed by atoms with Crippen LogP contribution in [0.4, 0.5) is 8.78 Å². The molecular weight excluding hydrogens is 252 g/mol. The van der Waals surface area contributed by atoms with Gasteiger partial charge in [-0.2, -0.15) is 0 Å². The van der Waals surface area contributed by atoms with Crippen molar-refractivity contribution >= 4 is 11.9 Å². The van der Waals surface area contributed by atoms with Crippen LogP contribution in [0.5, 0.6) is 0 Å². The minimum absolute atomic E-state index is 0.0611. The summed E-state index contributed by atoms with van der Waals surface area (Å²) >= 11 is 0. The van der Waals surface area contributed by atoms with Crippen molar-refractivity contribution in [1.29, 1.82) is 0 Å². The van der Waals surface area contributed by atoms with Crippen LogP contribution >= 0.6 is 0 Å². The van der Waals surface area contributed by atoms with Gasteiger partial charge in [-0.15, -0.1) is 5.10 Å². The van der Waals surface area contributed by atoms with E-state index >= 15 is 0 Å². The Morgan fingerprint density at radius 2 is 2.00 bits per heavy atom. The summed E-state index contributed by atoms with van der Waals surface area (Å²) < 4.78 is 34.2. The third-order valence-electron chi connectivity index (χ3n) is 2.07. The molecule has 0 atom stereocenters. The molecule has 7 nitrogen and oxygen atoms in total. The lowest BCUT2D eigenvalue weighted by molar-refractivity contribution is -0.139. The second-order valence-corrected chi connectivity index (χ2v) is 3.20. The van der Waals surface area contributed by atoms with E-state index in [2.05, 4.69) is 19.8 Å². The van der Waals surface area contributed by atoms with E-state index in [0.29, 0.717) is 0 Å². The molecule has 1 aromatic heterocycles. The summed E-state index contributed by atoms with van der Waals surface area (Å²) in [5, 5.41) is 6.82. The molecule has 100 valence electrons. The molecule has 1 heterocycles. The predicted molar refractivity (Wildman–Crippen MR) is 53.1 cm³/mol. The summed E-state index contributed by atoms with van der Waals surface area (Å²) in [6.45, 7) is -0.768. The molecule has 0 aromatic carbocycles. The number of esters is 2. The monoisotopic (exact) mass is 263 g/mol. The molecular formula is C9H11F2N3O4. The smallest absolute Gasteiger partial charge is 0.360 e. The van der Waals surface area contributed by atoms with Crippen molar-refractivity contribution in [2.24, 2.45) is 0 Å². The zero-order valence-corrected chi connectivity index (χ0v) is 9.72. The Hall–Kier alpha value is -2.06. The van der Waals surface area contributed by atoms with E-state index in [4.69, 9.17) is 0 Å². The maximum atomic E-state index is 12.3. The molecule has 0 saturated heterocycles. The topological polar surface area (TPSA) is 83.3 Å². The lowest BCUT2D eigenvalue weighted by Crippen LogP contribution is -2.17. The number of carbonyl (C=O) groups excluding carboxylic acids is 2. The Morgan fingerprint density at radius 3 is 2.50 bits per heavy atom. The largest absolute Gasteiger partial charge is 0.469 e. The second kappa shape index (κ2) is 6.03. The normalized spacial score (nSPS) is 10.5. The highest BCUT2D eigenvalue weighted by Gasteiger charge is 2.24. The van der Waals surface area contributed by atoms with Gasteiger partial charge in [0.2, 0.25) is 0 Å². The van der Waals surface area contributed by atoms with E-state index < -0.39 is 24.9 Å². The van der Waals surface area contributed by atoms with Gasteiger partial charge in [0, 0.05) is 0 Å². The molecule has 0 bridgehead atoms. The van der Waals surface area contributed by atoms with Gasteiger partial charge in [0.1, 0.15) is 6.54 Å². The zero-order chi connectivity index (χ0) is 13.7. The van der Waals surface area contributed by atoms with Crippen molar-refractivity contribution in [3.05, 3.63) is 11.4 Å². The van der Waals surface area contributed by atoms with Crippen LogP contribution in [0.3, 0.4) is 0 Å². The van der Waals surface area contributed by atoms with Crippen molar-refractivity contribution in [2.45, 2.75) is 19.4 Å². The Kier molecular flexibility index (Phi) is 4.69. The van der Waals surface area contributed by atoms with Crippen molar-refractivity contribution < 1.29 is 27.8 Å². The molecule has 0 fully saturated rings. The molecule has 0 aliphatic rings. The van der Waals surface area contributed by atoms with Gasteiger partial charge >= 0.3 is 11.9 Å². The number of aromatic nitrogens is 3. The fourth-order valence-corrected chi connectivity index (χ4v) is 1.25. The highest BCUT2D eigenvalue weighted by molar-refractivity contribution is 5.89. The molecule has 0 N–H and O–H groups in total. The number of methoxy groups -OCH3 is 2. The van der Waals surface area contributed by atoms with Crippen LogP contribution in [0.25, 0.3) is 0 Å². The molecule has 0 radical (unpaired) electrons. The number of hydrogen-bond acceptors (Lipinski definition) is 6. The Labute approximate surface area is 101 Å².